The Morgan fingerprint density at radius 2 is 1.65 bits per heavy atom. The van der Waals surface area contributed by atoms with Crippen molar-refractivity contribution < 1.29 is 14.4 Å². The lowest BCUT2D eigenvalue weighted by atomic mass is 9.94. The van der Waals surface area contributed by atoms with Gasteiger partial charge in [0.05, 0.1) is 18.6 Å². The molecule has 2 aromatic rings. The van der Waals surface area contributed by atoms with Gasteiger partial charge in [-0.05, 0) is 75.0 Å². The topological polar surface area (TPSA) is 109 Å². The lowest BCUT2D eigenvalue weighted by molar-refractivity contribution is -0.111. The number of hydrogen-bond acceptors (Lipinski definition) is 6. The van der Waals surface area contributed by atoms with E-state index in [2.05, 4.69) is 48.3 Å². The molecule has 0 saturated carbocycles. The first-order valence-electron chi connectivity index (χ1n) is 13.4. The number of amides is 4. The van der Waals surface area contributed by atoms with Crippen molar-refractivity contribution in [1.82, 2.24) is 14.7 Å². The van der Waals surface area contributed by atoms with Gasteiger partial charge in [0.2, 0.25) is 5.91 Å². The van der Waals surface area contributed by atoms with Gasteiger partial charge >= 0.3 is 6.03 Å². The first-order valence-corrected chi connectivity index (χ1v) is 13.4. The molecule has 0 atom stereocenters. The lowest BCUT2D eigenvalue weighted by Gasteiger charge is -2.40. The number of benzene rings is 2. The summed E-state index contributed by atoms with van der Waals surface area (Å²) in [4.78, 5) is 48.6. The number of urea groups is 1. The third-order valence-corrected chi connectivity index (χ3v) is 7.76. The number of anilines is 3. The molecule has 2 aromatic carbocycles. The van der Waals surface area contributed by atoms with Crippen LogP contribution in [-0.4, -0.2) is 90.2 Å². The van der Waals surface area contributed by atoms with Gasteiger partial charge in [0.25, 0.3) is 5.91 Å². The van der Waals surface area contributed by atoms with Crippen molar-refractivity contribution in [2.24, 2.45) is 4.99 Å². The Kier molecular flexibility index (Phi) is 7.44. The van der Waals surface area contributed by atoms with Crippen molar-refractivity contribution in [3.8, 4) is 0 Å². The molecule has 0 aliphatic carbocycles. The average molecular weight is 542 g/mol. The van der Waals surface area contributed by atoms with E-state index in [1.807, 2.05) is 34.1 Å². The van der Waals surface area contributed by atoms with Gasteiger partial charge in [-0.3, -0.25) is 14.6 Å². The third kappa shape index (κ3) is 5.48. The Labute approximate surface area is 234 Å². The summed E-state index contributed by atoms with van der Waals surface area (Å²) >= 11 is 0. The molecule has 3 aliphatic heterocycles. The van der Waals surface area contributed by atoms with E-state index in [0.29, 0.717) is 30.0 Å². The van der Waals surface area contributed by atoms with E-state index < -0.39 is 5.54 Å². The van der Waals surface area contributed by atoms with Crippen LogP contribution in [0.15, 0.2) is 77.3 Å². The highest BCUT2D eigenvalue weighted by Gasteiger charge is 2.46. The molecule has 10 nitrogen and oxygen atoms in total. The number of aliphatic imine (C=N–C) groups is 1. The number of rotatable bonds is 5. The average Bonchev–Trinajstić information content (AvgIpc) is 3.46. The summed E-state index contributed by atoms with van der Waals surface area (Å²) in [5.41, 5.74) is 4.27. The van der Waals surface area contributed by atoms with E-state index in [-0.39, 0.29) is 17.8 Å². The molecule has 5 rings (SSSR count). The van der Waals surface area contributed by atoms with Crippen LogP contribution >= 0.6 is 0 Å². The monoisotopic (exact) mass is 541 g/mol. The Hall–Kier alpha value is -4.44. The number of carbonyl (C=O) groups is 3. The van der Waals surface area contributed by atoms with Crippen LogP contribution in [0.2, 0.25) is 0 Å². The molecule has 1 saturated heterocycles. The molecule has 208 valence electrons. The smallest absolute Gasteiger partial charge is 0.321 e. The Morgan fingerprint density at radius 3 is 2.35 bits per heavy atom. The number of nitrogens with zero attached hydrogens (tertiary/aromatic N) is 4. The minimum Gasteiger partial charge on any atom is -0.340 e. The SMILES string of the molecule is C=CC(=O)Nc1ccc(C(=O)Nc2cccc(NC3=NCC4=C3CN(C(=O)N3CCN(C)CC3)C4(C)C)c2)cc1. The molecule has 3 aliphatic rings. The number of nitrogens with one attached hydrogen (secondary N) is 3. The second-order valence-electron chi connectivity index (χ2n) is 10.8. The van der Waals surface area contributed by atoms with Crippen LogP contribution in [0.25, 0.3) is 0 Å². The number of piperazine rings is 1. The zero-order chi connectivity index (χ0) is 28.4. The van der Waals surface area contributed by atoms with Crippen molar-refractivity contribution in [2.75, 3.05) is 62.3 Å². The Balaban J connectivity index is 1.23. The van der Waals surface area contributed by atoms with Gasteiger partial charge in [-0.15, -0.1) is 0 Å². The third-order valence-electron chi connectivity index (χ3n) is 7.76. The number of amidine groups is 1. The van der Waals surface area contributed by atoms with Crippen LogP contribution in [0.5, 0.6) is 0 Å². The molecule has 0 spiro atoms. The predicted octanol–water partition coefficient (Wildman–Crippen LogP) is 3.65. The highest BCUT2D eigenvalue weighted by Crippen LogP contribution is 2.39. The fraction of sp³-hybridized carbons (Fsp3) is 0.333. The molecule has 3 N–H and O–H groups in total. The first kappa shape index (κ1) is 27.1. The van der Waals surface area contributed by atoms with E-state index in [4.69, 9.17) is 4.99 Å². The highest BCUT2D eigenvalue weighted by molar-refractivity contribution is 6.12. The van der Waals surface area contributed by atoms with Crippen molar-refractivity contribution in [3.05, 3.63) is 77.9 Å². The van der Waals surface area contributed by atoms with Crippen molar-refractivity contribution >= 4 is 40.7 Å². The summed E-state index contributed by atoms with van der Waals surface area (Å²) in [6.07, 6.45) is 1.19. The maximum atomic E-state index is 13.4. The second kappa shape index (κ2) is 11.0. The maximum absolute atomic E-state index is 13.4. The fourth-order valence-corrected chi connectivity index (χ4v) is 5.25. The van der Waals surface area contributed by atoms with Gasteiger partial charge in [-0.25, -0.2) is 4.79 Å². The molecule has 0 bridgehead atoms. The molecule has 1 fully saturated rings. The molecule has 40 heavy (non-hydrogen) atoms. The summed E-state index contributed by atoms with van der Waals surface area (Å²) in [5.74, 6) is 0.182. The van der Waals surface area contributed by atoms with Gasteiger partial charge < -0.3 is 30.7 Å². The summed E-state index contributed by atoms with van der Waals surface area (Å²) < 4.78 is 0. The van der Waals surface area contributed by atoms with Crippen LogP contribution < -0.4 is 16.0 Å². The first-order chi connectivity index (χ1) is 19.2. The zero-order valence-electron chi connectivity index (χ0n) is 23.2. The Morgan fingerprint density at radius 1 is 0.950 bits per heavy atom. The van der Waals surface area contributed by atoms with Crippen LogP contribution in [0.3, 0.4) is 0 Å². The van der Waals surface area contributed by atoms with Gasteiger partial charge in [0.15, 0.2) is 0 Å². The number of hydrogen-bond donors (Lipinski definition) is 3. The quantitative estimate of drug-likeness (QED) is 0.501. The molecule has 0 aromatic heterocycles. The molecular weight excluding hydrogens is 506 g/mol. The predicted molar refractivity (Wildman–Crippen MR) is 158 cm³/mol. The van der Waals surface area contributed by atoms with Gasteiger partial charge in [-0.2, -0.15) is 0 Å². The second-order valence-corrected chi connectivity index (χ2v) is 10.8. The Bertz CT molecular complexity index is 1400. The van der Waals surface area contributed by atoms with Crippen molar-refractivity contribution in [3.63, 3.8) is 0 Å². The van der Waals surface area contributed by atoms with E-state index in [1.54, 1.807) is 24.3 Å². The standard InChI is InChI=1S/C30H35N7O3/c1-5-26(38)32-21-11-9-20(10-12-21)28(39)34-23-8-6-7-22(17-23)33-27-24-19-37(30(2,3)25(24)18-31-27)29(40)36-15-13-35(4)14-16-36/h5-12,17H,1,13-16,18-19H2,2-4H3,(H,31,33)(H,32,38)(H,34,39). The van der Waals surface area contributed by atoms with Gasteiger partial charge in [0, 0.05) is 54.4 Å². The van der Waals surface area contributed by atoms with Crippen molar-refractivity contribution in [2.45, 2.75) is 19.4 Å². The number of carbonyl (C=O) groups excluding carboxylic acids is 3. The molecular formula is C30H35N7O3. The van der Waals surface area contributed by atoms with Crippen LogP contribution in [0.1, 0.15) is 24.2 Å². The van der Waals surface area contributed by atoms with Crippen molar-refractivity contribution in [1.29, 1.82) is 0 Å². The van der Waals surface area contributed by atoms with Gasteiger partial charge in [-0.1, -0.05) is 12.6 Å². The summed E-state index contributed by atoms with van der Waals surface area (Å²) in [6.45, 7) is 11.9. The highest BCUT2D eigenvalue weighted by atomic mass is 16.2. The minimum atomic E-state index is -0.414. The summed E-state index contributed by atoms with van der Waals surface area (Å²) in [5, 5.41) is 8.99. The molecule has 4 amide bonds. The summed E-state index contributed by atoms with van der Waals surface area (Å²) in [6, 6.07) is 14.1. The maximum Gasteiger partial charge on any atom is 0.321 e. The minimum absolute atomic E-state index is 0.0766. The fourth-order valence-electron chi connectivity index (χ4n) is 5.25. The van der Waals surface area contributed by atoms with E-state index >= 15 is 0 Å². The molecule has 10 heteroatoms. The zero-order valence-corrected chi connectivity index (χ0v) is 23.2. The van der Waals surface area contributed by atoms with Gasteiger partial charge in [0.1, 0.15) is 5.84 Å². The van der Waals surface area contributed by atoms with E-state index in [0.717, 1.165) is 48.8 Å². The normalized spacial score (nSPS) is 18.2. The van der Waals surface area contributed by atoms with Crippen LogP contribution in [0.4, 0.5) is 21.9 Å². The van der Waals surface area contributed by atoms with E-state index in [1.165, 1.54) is 6.08 Å². The largest absolute Gasteiger partial charge is 0.340 e. The lowest BCUT2D eigenvalue weighted by Crippen LogP contribution is -2.56. The van der Waals surface area contributed by atoms with Crippen LogP contribution in [-0.2, 0) is 4.79 Å². The molecule has 0 radical (unpaired) electrons. The summed E-state index contributed by atoms with van der Waals surface area (Å²) in [7, 11) is 2.08. The van der Waals surface area contributed by atoms with E-state index in [9.17, 15) is 14.4 Å². The molecule has 0 unspecified atom stereocenters. The molecule has 3 heterocycles. The van der Waals surface area contributed by atoms with Crippen LogP contribution in [0, 0.1) is 0 Å². The number of likely N-dealkylation sites (N-methyl/N-ethyl adjacent to an activating group) is 1.